The summed E-state index contributed by atoms with van der Waals surface area (Å²) in [6, 6.07) is 4.86. The maximum absolute atomic E-state index is 16.9. The Hall–Kier alpha value is -4.52. The lowest BCUT2D eigenvalue weighted by Crippen LogP contribution is -2.53. The Balaban J connectivity index is 1.38. The van der Waals surface area contributed by atoms with Crippen molar-refractivity contribution in [3.05, 3.63) is 59.6 Å². The van der Waals surface area contributed by atoms with E-state index in [0.29, 0.717) is 42.7 Å². The molecular formula is C34H33F3N6O5. The number of rotatable bonds is 6. The Morgan fingerprint density at radius 3 is 2.77 bits per heavy atom. The molecule has 1 saturated carbocycles. The molecule has 0 amide bonds. The highest BCUT2D eigenvalue weighted by Gasteiger charge is 2.52. The lowest BCUT2D eigenvalue weighted by Gasteiger charge is -2.35. The van der Waals surface area contributed by atoms with Gasteiger partial charge in [-0.2, -0.15) is 9.97 Å². The Bertz CT molecular complexity index is 2030. The van der Waals surface area contributed by atoms with E-state index in [0.717, 1.165) is 11.3 Å². The van der Waals surface area contributed by atoms with Crippen molar-refractivity contribution in [2.75, 3.05) is 43.5 Å². The third-order valence-corrected chi connectivity index (χ3v) is 9.98. The summed E-state index contributed by atoms with van der Waals surface area (Å²) in [4.78, 5) is 16.5. The van der Waals surface area contributed by atoms with E-state index >= 15 is 4.39 Å². The van der Waals surface area contributed by atoms with Crippen molar-refractivity contribution < 1.29 is 38.0 Å². The number of nitrogens with two attached hydrogens (primary N) is 1. The molecule has 2 saturated heterocycles. The molecule has 2 aromatic carbocycles. The highest BCUT2D eigenvalue weighted by molar-refractivity contribution is 6.03. The minimum atomic E-state index is -3.20. The fourth-order valence-electron chi connectivity index (χ4n) is 6.97. The molecule has 4 heterocycles. The molecule has 14 heteroatoms. The topological polar surface area (TPSA) is 150 Å². The summed E-state index contributed by atoms with van der Waals surface area (Å²) in [5, 5.41) is 30.7. The van der Waals surface area contributed by atoms with Crippen molar-refractivity contribution in [1.29, 1.82) is 0 Å². The fourth-order valence-corrected chi connectivity index (χ4v) is 6.97. The van der Waals surface area contributed by atoms with Crippen LogP contribution in [0, 0.1) is 35.3 Å². The molecule has 4 atom stereocenters. The van der Waals surface area contributed by atoms with Gasteiger partial charge in [0.05, 0.1) is 30.5 Å². The number of aliphatic hydroxyl groups is 3. The van der Waals surface area contributed by atoms with Crippen molar-refractivity contribution in [2.24, 2.45) is 11.3 Å². The zero-order valence-corrected chi connectivity index (χ0v) is 26.1. The molecule has 4 aromatic rings. The molecule has 3 unspecified atom stereocenters. The lowest BCUT2D eigenvalue weighted by molar-refractivity contribution is -0.397. The van der Waals surface area contributed by atoms with Crippen LogP contribution in [-0.4, -0.2) is 86.3 Å². The zero-order valence-electron chi connectivity index (χ0n) is 26.1. The molecule has 3 fully saturated rings. The van der Waals surface area contributed by atoms with Gasteiger partial charge in [0.2, 0.25) is 0 Å². The number of hydrogen-bond donors (Lipinski definition) is 4. The van der Waals surface area contributed by atoms with Gasteiger partial charge in [-0.25, -0.2) is 18.1 Å². The molecule has 250 valence electrons. The van der Waals surface area contributed by atoms with Crippen LogP contribution in [-0.2, 0) is 4.74 Å². The Kier molecular flexibility index (Phi) is 7.73. The van der Waals surface area contributed by atoms with Gasteiger partial charge in [0.15, 0.2) is 5.82 Å². The number of benzene rings is 2. The van der Waals surface area contributed by atoms with Gasteiger partial charge in [-0.05, 0) is 42.5 Å². The number of ether oxygens (including phenoxy) is 2. The van der Waals surface area contributed by atoms with Crippen LogP contribution in [0.4, 0.5) is 24.7 Å². The molecule has 1 aliphatic carbocycles. The number of nitrogen functional groups attached to an aromatic ring is 1. The van der Waals surface area contributed by atoms with Gasteiger partial charge < -0.3 is 35.4 Å². The number of nitrogens with zero attached hydrogens (tertiary/aromatic N) is 5. The predicted octanol–water partition coefficient (Wildman–Crippen LogP) is 3.44. The summed E-state index contributed by atoms with van der Waals surface area (Å²) in [6.45, 7) is 4.13. The molecule has 5 N–H and O–H groups in total. The molecule has 2 aliphatic heterocycles. The van der Waals surface area contributed by atoms with Crippen LogP contribution in [0.1, 0.15) is 25.8 Å². The van der Waals surface area contributed by atoms with E-state index in [-0.39, 0.29) is 70.1 Å². The largest absolute Gasteiger partial charge is 0.462 e. The average molecular weight is 663 g/mol. The number of anilines is 2. The lowest BCUT2D eigenvalue weighted by atomic mass is 9.81. The van der Waals surface area contributed by atoms with Crippen molar-refractivity contribution in [3.8, 4) is 29.6 Å². The normalized spacial score (nSPS) is 25.4. The summed E-state index contributed by atoms with van der Waals surface area (Å²) in [7, 11) is 0. The minimum Gasteiger partial charge on any atom is -0.462 e. The van der Waals surface area contributed by atoms with Crippen LogP contribution in [0.15, 0.2) is 42.4 Å². The first kappa shape index (κ1) is 32.0. The second kappa shape index (κ2) is 11.6. The molecule has 11 nitrogen and oxygen atoms in total. The van der Waals surface area contributed by atoms with E-state index in [1.807, 2.05) is 4.90 Å². The molecule has 0 radical (unpaired) electrons. The number of fused-ring (bicyclic) bond motifs is 3. The number of halogens is 3. The minimum absolute atomic E-state index is 0.0668. The smallest absolute Gasteiger partial charge is 0.346 e. The van der Waals surface area contributed by atoms with Gasteiger partial charge in [0.25, 0.3) is 0 Å². The van der Waals surface area contributed by atoms with Crippen molar-refractivity contribution in [1.82, 2.24) is 19.9 Å². The summed E-state index contributed by atoms with van der Waals surface area (Å²) in [5.41, 5.74) is 5.22. The third-order valence-electron chi connectivity index (χ3n) is 9.98. The third kappa shape index (κ3) is 5.19. The van der Waals surface area contributed by atoms with Gasteiger partial charge in [-0.1, -0.05) is 18.9 Å². The monoisotopic (exact) mass is 662 g/mol. The second-order valence-corrected chi connectivity index (χ2v) is 12.8. The van der Waals surface area contributed by atoms with Crippen LogP contribution in [0.5, 0.6) is 6.01 Å². The second-order valence-electron chi connectivity index (χ2n) is 12.8. The van der Waals surface area contributed by atoms with E-state index in [9.17, 15) is 24.1 Å². The van der Waals surface area contributed by atoms with Crippen molar-refractivity contribution >= 4 is 33.2 Å². The molecule has 3 aliphatic rings. The summed E-state index contributed by atoms with van der Waals surface area (Å²) >= 11 is 0. The van der Waals surface area contributed by atoms with Crippen LogP contribution < -0.4 is 15.4 Å². The maximum Gasteiger partial charge on any atom is 0.346 e. The van der Waals surface area contributed by atoms with Gasteiger partial charge >= 0.3 is 12.1 Å². The quantitative estimate of drug-likeness (QED) is 0.137. The first-order chi connectivity index (χ1) is 22.8. The molecule has 2 aromatic heterocycles. The highest BCUT2D eigenvalue weighted by atomic mass is 19.1. The first-order valence-corrected chi connectivity index (χ1v) is 15.4. The molecular weight excluding hydrogens is 629 g/mol. The SMILES string of the molecule is C#Cc1c(F)ccc2cc(N)cc(-c3ncc4c(N5CCOCC6CC65)nc(OC[C@@]5(C)/C(=C\F)CN(C(O)(O)O)C5C)nc4c3F)c12. The Labute approximate surface area is 273 Å². The fraction of sp³-hybridized carbons (Fsp3) is 0.382. The van der Waals surface area contributed by atoms with Crippen molar-refractivity contribution in [2.45, 2.75) is 38.4 Å². The van der Waals surface area contributed by atoms with E-state index in [2.05, 4.69) is 20.9 Å². The summed E-state index contributed by atoms with van der Waals surface area (Å²) < 4.78 is 57.6. The van der Waals surface area contributed by atoms with E-state index in [4.69, 9.17) is 21.6 Å². The first-order valence-electron chi connectivity index (χ1n) is 15.4. The van der Waals surface area contributed by atoms with E-state index in [1.165, 1.54) is 24.4 Å². The summed E-state index contributed by atoms with van der Waals surface area (Å²) in [6.07, 6.45) is 5.12. The zero-order chi connectivity index (χ0) is 34.1. The molecule has 7 rings (SSSR count). The maximum atomic E-state index is 16.9. The molecule has 0 bridgehead atoms. The van der Waals surface area contributed by atoms with E-state index in [1.54, 1.807) is 19.9 Å². The number of likely N-dealkylation sites (tertiary alicyclic amines) is 1. The van der Waals surface area contributed by atoms with Gasteiger partial charge in [0.1, 0.15) is 29.5 Å². The number of pyridine rings is 1. The van der Waals surface area contributed by atoms with Crippen LogP contribution in [0.3, 0.4) is 0 Å². The van der Waals surface area contributed by atoms with E-state index < -0.39 is 29.2 Å². The van der Waals surface area contributed by atoms with Crippen LogP contribution in [0.25, 0.3) is 32.9 Å². The standard InChI is InChI=1S/C34H33F3N6O5/c1-4-22-25(36)6-5-18-9-21(38)11-23(27(18)22)29-28(37)30-24(13-39-29)31(42-7-8-47-15-19-10-26(19)42)41-32(40-30)48-16-33(3)17(2)43(34(44,45)46)14-20(33)12-35/h1,5-6,9,11-13,17,19,26,44-46H,7-8,10,14-16,38H2,2-3H3/b20-12-/t17?,19?,26?,33-/m1/s1. The van der Waals surface area contributed by atoms with Gasteiger partial charge in [0, 0.05) is 59.3 Å². The van der Waals surface area contributed by atoms with Crippen LogP contribution in [0.2, 0.25) is 0 Å². The highest BCUT2D eigenvalue weighted by Crippen LogP contribution is 2.45. The molecule has 48 heavy (non-hydrogen) atoms. The predicted molar refractivity (Wildman–Crippen MR) is 171 cm³/mol. The number of aromatic nitrogens is 3. The Morgan fingerprint density at radius 1 is 1.25 bits per heavy atom. The number of hydrogen-bond acceptors (Lipinski definition) is 11. The number of terminal acetylenes is 1. The van der Waals surface area contributed by atoms with Gasteiger partial charge in [-0.3, -0.25) is 4.98 Å². The Morgan fingerprint density at radius 2 is 2.04 bits per heavy atom. The van der Waals surface area contributed by atoms with Crippen molar-refractivity contribution in [3.63, 3.8) is 0 Å². The molecule has 0 spiro atoms. The van der Waals surface area contributed by atoms with Crippen LogP contribution >= 0.6 is 0 Å². The van der Waals surface area contributed by atoms with Gasteiger partial charge in [-0.15, -0.1) is 6.42 Å². The average Bonchev–Trinajstić information content (AvgIpc) is 3.79. The summed E-state index contributed by atoms with van der Waals surface area (Å²) in [5.74, 6) is 1.49.